The maximum absolute atomic E-state index is 12.4. The van der Waals surface area contributed by atoms with Crippen molar-refractivity contribution >= 4 is 22.6 Å². The number of hydrogen-bond donors (Lipinski definition) is 3. The summed E-state index contributed by atoms with van der Waals surface area (Å²) in [6.07, 6.45) is 0. The molecule has 2 aromatic rings. The number of aromatic nitrogens is 1. The molecule has 1 aromatic heterocycles. The first-order valence-corrected chi connectivity index (χ1v) is 6.55. The first-order valence-electron chi connectivity index (χ1n) is 6.55. The fourth-order valence-electron chi connectivity index (χ4n) is 1.88. The van der Waals surface area contributed by atoms with Crippen molar-refractivity contribution in [1.29, 1.82) is 0 Å². The molecule has 0 bridgehead atoms. The Morgan fingerprint density at radius 3 is 2.65 bits per heavy atom. The number of fused-ring (bicyclic) bond motifs is 1. The highest BCUT2D eigenvalue weighted by atomic mass is 16.1. The molecule has 0 unspecified atom stereocenters. The Balaban J connectivity index is 2.39. The number of amides is 1. The van der Waals surface area contributed by atoms with Crippen LogP contribution in [0.15, 0.2) is 30.3 Å². The first-order chi connectivity index (χ1) is 9.40. The minimum absolute atomic E-state index is 0.0352. The quantitative estimate of drug-likeness (QED) is 0.591. The van der Waals surface area contributed by atoms with Crippen LogP contribution in [0.25, 0.3) is 10.9 Å². The SMILES string of the molecule is CC(C)(C)CNC(=O)c1cc(NN)nc2ccccc12. The molecule has 5 nitrogen and oxygen atoms in total. The number of nitrogens with two attached hydrogens (primary N) is 1. The van der Waals surface area contributed by atoms with Crippen LogP contribution in [0.2, 0.25) is 0 Å². The average Bonchev–Trinajstić information content (AvgIpc) is 2.42. The minimum Gasteiger partial charge on any atom is -0.351 e. The van der Waals surface area contributed by atoms with E-state index in [0.29, 0.717) is 17.9 Å². The molecule has 0 radical (unpaired) electrons. The summed E-state index contributed by atoms with van der Waals surface area (Å²) < 4.78 is 0. The van der Waals surface area contributed by atoms with Crippen LogP contribution in [0.5, 0.6) is 0 Å². The van der Waals surface area contributed by atoms with Crippen LogP contribution in [0.4, 0.5) is 5.82 Å². The van der Waals surface area contributed by atoms with E-state index in [-0.39, 0.29) is 11.3 Å². The predicted molar refractivity (Wildman–Crippen MR) is 81.3 cm³/mol. The van der Waals surface area contributed by atoms with E-state index in [1.807, 2.05) is 24.3 Å². The molecule has 0 aliphatic heterocycles. The van der Waals surface area contributed by atoms with E-state index in [9.17, 15) is 4.79 Å². The topological polar surface area (TPSA) is 80.0 Å². The Kier molecular flexibility index (Phi) is 3.90. The zero-order valence-electron chi connectivity index (χ0n) is 12.0. The highest BCUT2D eigenvalue weighted by molar-refractivity contribution is 6.06. The summed E-state index contributed by atoms with van der Waals surface area (Å²) in [4.78, 5) is 16.7. The predicted octanol–water partition coefficient (Wildman–Crippen LogP) is 2.30. The lowest BCUT2D eigenvalue weighted by Crippen LogP contribution is -2.32. The van der Waals surface area contributed by atoms with Crippen molar-refractivity contribution in [2.45, 2.75) is 20.8 Å². The first kappa shape index (κ1) is 14.3. The number of carbonyl (C=O) groups excluding carboxylic acids is 1. The van der Waals surface area contributed by atoms with Gasteiger partial charge in [-0.25, -0.2) is 10.8 Å². The van der Waals surface area contributed by atoms with Gasteiger partial charge in [0.05, 0.1) is 11.1 Å². The molecule has 1 heterocycles. The van der Waals surface area contributed by atoms with Gasteiger partial charge in [0.25, 0.3) is 5.91 Å². The van der Waals surface area contributed by atoms with Gasteiger partial charge < -0.3 is 10.7 Å². The highest BCUT2D eigenvalue weighted by Crippen LogP contribution is 2.20. The summed E-state index contributed by atoms with van der Waals surface area (Å²) in [5.74, 6) is 5.77. The van der Waals surface area contributed by atoms with Gasteiger partial charge in [-0.05, 0) is 17.5 Å². The Bertz CT molecular complexity index is 631. The van der Waals surface area contributed by atoms with Gasteiger partial charge in [0.15, 0.2) is 0 Å². The van der Waals surface area contributed by atoms with Crippen molar-refractivity contribution in [3.63, 3.8) is 0 Å². The molecule has 0 atom stereocenters. The lowest BCUT2D eigenvalue weighted by molar-refractivity contribution is 0.0941. The molecule has 0 saturated heterocycles. The third-order valence-corrected chi connectivity index (χ3v) is 2.89. The van der Waals surface area contributed by atoms with E-state index in [1.165, 1.54) is 0 Å². The molecule has 0 aliphatic carbocycles. The summed E-state index contributed by atoms with van der Waals surface area (Å²) in [7, 11) is 0. The number of nitrogens with zero attached hydrogens (tertiary/aromatic N) is 1. The monoisotopic (exact) mass is 272 g/mol. The third-order valence-electron chi connectivity index (χ3n) is 2.89. The second kappa shape index (κ2) is 5.46. The number of nitrogens with one attached hydrogen (secondary N) is 2. The number of hydrogen-bond acceptors (Lipinski definition) is 4. The van der Waals surface area contributed by atoms with Gasteiger partial charge >= 0.3 is 0 Å². The zero-order chi connectivity index (χ0) is 14.8. The Labute approximate surface area is 118 Å². The van der Waals surface area contributed by atoms with Crippen molar-refractivity contribution in [2.75, 3.05) is 12.0 Å². The van der Waals surface area contributed by atoms with Crippen molar-refractivity contribution in [3.05, 3.63) is 35.9 Å². The largest absolute Gasteiger partial charge is 0.351 e. The number of hydrazine groups is 1. The summed E-state index contributed by atoms with van der Waals surface area (Å²) >= 11 is 0. The molecule has 0 aliphatic rings. The van der Waals surface area contributed by atoms with Crippen molar-refractivity contribution in [2.24, 2.45) is 11.3 Å². The van der Waals surface area contributed by atoms with Crippen molar-refractivity contribution in [1.82, 2.24) is 10.3 Å². The Hall–Kier alpha value is -2.14. The molecule has 0 fully saturated rings. The van der Waals surface area contributed by atoms with E-state index in [2.05, 4.69) is 36.5 Å². The van der Waals surface area contributed by atoms with Gasteiger partial charge in [-0.1, -0.05) is 39.0 Å². The molecule has 2 rings (SSSR count). The third kappa shape index (κ3) is 3.24. The molecular weight excluding hydrogens is 252 g/mol. The molecule has 106 valence electrons. The van der Waals surface area contributed by atoms with Crippen LogP contribution in [0.3, 0.4) is 0 Å². The van der Waals surface area contributed by atoms with Crippen LogP contribution < -0.4 is 16.6 Å². The number of benzene rings is 1. The number of rotatable bonds is 3. The molecule has 5 heteroatoms. The van der Waals surface area contributed by atoms with Gasteiger partial charge in [-0.15, -0.1) is 0 Å². The summed E-state index contributed by atoms with van der Waals surface area (Å²) in [5.41, 5.74) is 3.85. The maximum atomic E-state index is 12.4. The number of pyridine rings is 1. The van der Waals surface area contributed by atoms with Crippen LogP contribution in [0, 0.1) is 5.41 Å². The van der Waals surface area contributed by atoms with Gasteiger partial charge in [0, 0.05) is 11.9 Å². The van der Waals surface area contributed by atoms with Crippen LogP contribution >= 0.6 is 0 Å². The van der Waals surface area contributed by atoms with Gasteiger partial charge in [-0.3, -0.25) is 4.79 Å². The Morgan fingerprint density at radius 2 is 2.00 bits per heavy atom. The summed E-state index contributed by atoms with van der Waals surface area (Å²) in [5, 5.41) is 3.76. The van der Waals surface area contributed by atoms with Crippen LogP contribution in [0.1, 0.15) is 31.1 Å². The second-order valence-electron chi connectivity index (χ2n) is 5.96. The van der Waals surface area contributed by atoms with Gasteiger partial charge in [-0.2, -0.15) is 0 Å². The van der Waals surface area contributed by atoms with Gasteiger partial charge in [0.2, 0.25) is 0 Å². The van der Waals surface area contributed by atoms with E-state index < -0.39 is 0 Å². The number of anilines is 1. The molecule has 0 spiro atoms. The molecule has 1 aromatic carbocycles. The molecule has 4 N–H and O–H groups in total. The van der Waals surface area contributed by atoms with Gasteiger partial charge in [0.1, 0.15) is 5.82 Å². The molecule has 20 heavy (non-hydrogen) atoms. The zero-order valence-corrected chi connectivity index (χ0v) is 12.0. The fourth-order valence-corrected chi connectivity index (χ4v) is 1.88. The van der Waals surface area contributed by atoms with E-state index >= 15 is 0 Å². The normalized spacial score (nSPS) is 11.4. The fraction of sp³-hybridized carbons (Fsp3) is 0.333. The molecule has 1 amide bonds. The lowest BCUT2D eigenvalue weighted by atomic mass is 9.96. The smallest absolute Gasteiger partial charge is 0.252 e. The number of nitrogen functional groups attached to an aromatic ring is 1. The minimum atomic E-state index is -0.116. The Morgan fingerprint density at radius 1 is 1.30 bits per heavy atom. The molecular formula is C15H20N4O. The van der Waals surface area contributed by atoms with E-state index in [1.54, 1.807) is 6.07 Å². The lowest BCUT2D eigenvalue weighted by Gasteiger charge is -2.19. The number of para-hydroxylation sites is 1. The summed E-state index contributed by atoms with van der Waals surface area (Å²) in [6, 6.07) is 9.18. The summed E-state index contributed by atoms with van der Waals surface area (Å²) in [6.45, 7) is 6.83. The highest BCUT2D eigenvalue weighted by Gasteiger charge is 2.16. The maximum Gasteiger partial charge on any atom is 0.252 e. The van der Waals surface area contributed by atoms with Crippen molar-refractivity contribution in [3.8, 4) is 0 Å². The van der Waals surface area contributed by atoms with E-state index in [0.717, 1.165) is 10.9 Å². The number of carbonyl (C=O) groups is 1. The standard InChI is InChI=1S/C15H20N4O/c1-15(2,3)9-17-14(20)11-8-13(19-16)18-12-7-5-4-6-10(11)12/h4-8H,9,16H2,1-3H3,(H,17,20)(H,18,19). The van der Waals surface area contributed by atoms with Crippen LogP contribution in [-0.2, 0) is 0 Å². The van der Waals surface area contributed by atoms with Crippen LogP contribution in [-0.4, -0.2) is 17.4 Å². The van der Waals surface area contributed by atoms with Crippen molar-refractivity contribution < 1.29 is 4.79 Å². The average molecular weight is 272 g/mol. The van der Waals surface area contributed by atoms with E-state index in [4.69, 9.17) is 5.84 Å². The second-order valence-corrected chi connectivity index (χ2v) is 5.96. The molecule has 0 saturated carbocycles.